The molecule has 1 aromatic heterocycles. The molecule has 0 spiro atoms. The van der Waals surface area contributed by atoms with E-state index in [1.807, 2.05) is 10.3 Å². The first kappa shape index (κ1) is 47.1. The van der Waals surface area contributed by atoms with E-state index in [1.165, 1.54) is 0 Å². The summed E-state index contributed by atoms with van der Waals surface area (Å²) >= 11 is 0. The number of nitrogens with one attached hydrogen (secondary N) is 2. The Labute approximate surface area is 328 Å². The van der Waals surface area contributed by atoms with Crippen molar-refractivity contribution in [1.29, 1.82) is 0 Å². The van der Waals surface area contributed by atoms with Crippen molar-refractivity contribution in [3.05, 3.63) is 33.1 Å². The van der Waals surface area contributed by atoms with E-state index in [9.17, 15) is 68.4 Å². The Morgan fingerprint density at radius 1 is 1.02 bits per heavy atom. The van der Waals surface area contributed by atoms with Gasteiger partial charge in [0, 0.05) is 19.2 Å². The Bertz CT molecular complexity index is 1460. The third kappa shape index (κ3) is 12.7. The van der Waals surface area contributed by atoms with Gasteiger partial charge in [-0.2, -0.15) is 0 Å². The molecule has 2 saturated heterocycles. The van der Waals surface area contributed by atoms with Gasteiger partial charge in [0.25, 0.3) is 21.2 Å². The van der Waals surface area contributed by atoms with Gasteiger partial charge in [-0.05, 0) is 0 Å². The number of aliphatic hydroxyl groups excluding tert-OH is 4. The second-order valence-corrected chi connectivity index (χ2v) is 12.0. The van der Waals surface area contributed by atoms with Gasteiger partial charge in [0.15, 0.2) is 24.6 Å². The standard InChI is InChI=1S/C19H27N3O20P2.3Na/c1-6(24)20-10-14(40-17(31)16(29)30)12(27)7(4-23)39-18(10)41-44(35,36)42-43(33,34)37-5-8-11(26)13(28)15(38-8)22-3-2-9(25)21-19(22)32;;;/h2-3,7-8,10-15,18,23,26-28H,4-5H2,1H3,(H,20,24)(H,29,30)(H,33,34)(H,35,36)(H,21,25,32);;;/q;3*+1/p-3. The molecule has 3 rings (SSSR count). The number of carboxylic acid groups (broad SMARTS) is 1. The van der Waals surface area contributed by atoms with E-state index in [0.29, 0.717) is 4.57 Å². The molecule has 1 amide bonds. The molecule has 6 N–H and O–H groups in total. The number of ether oxygens (including phenoxy) is 3. The number of nitrogens with zero attached hydrogens (tertiary/aromatic N) is 1. The van der Waals surface area contributed by atoms with Crippen LogP contribution in [-0.4, -0.2) is 110 Å². The summed E-state index contributed by atoms with van der Waals surface area (Å²) in [5.74, 6) is -5.50. The molecule has 2 aliphatic heterocycles. The number of hydrogen-bond donors (Lipinski definition) is 6. The number of phosphoric ester groups is 2. The van der Waals surface area contributed by atoms with E-state index < -0.39 is 113 Å². The van der Waals surface area contributed by atoms with Crippen molar-refractivity contribution in [3.8, 4) is 0 Å². The van der Waals surface area contributed by atoms with E-state index in [4.69, 9.17) is 9.47 Å². The van der Waals surface area contributed by atoms with Crippen molar-refractivity contribution in [2.24, 2.45) is 0 Å². The fourth-order valence-electron chi connectivity index (χ4n) is 4.04. The molecule has 2 fully saturated rings. The Hall–Kier alpha value is 0.110. The monoisotopic (exact) mass is 745 g/mol. The number of carboxylic acids is 1. The second-order valence-electron chi connectivity index (χ2n) is 9.04. The van der Waals surface area contributed by atoms with Crippen molar-refractivity contribution < 1.29 is 175 Å². The van der Waals surface area contributed by atoms with Gasteiger partial charge >= 0.3 is 100 Å². The summed E-state index contributed by atoms with van der Waals surface area (Å²) in [7, 11) is -12.1. The molecule has 0 bridgehead atoms. The number of rotatable bonds is 11. The largest absolute Gasteiger partial charge is 1.00 e. The first-order valence-electron chi connectivity index (χ1n) is 12.0. The molecule has 11 unspecified atom stereocenters. The maximum atomic E-state index is 12.5. The van der Waals surface area contributed by atoms with Gasteiger partial charge in [0.05, 0.1) is 13.2 Å². The summed E-state index contributed by atoms with van der Waals surface area (Å²) in [6.07, 6.45) is -14.8. The molecule has 3 heterocycles. The van der Waals surface area contributed by atoms with Crippen molar-refractivity contribution in [2.75, 3.05) is 13.2 Å². The summed E-state index contributed by atoms with van der Waals surface area (Å²) in [5, 5.41) is 52.9. The topological polar surface area (TPSA) is 358 Å². The number of hydrogen-bond acceptors (Lipinski definition) is 20. The Kier molecular flexibility index (Phi) is 19.7. The zero-order valence-corrected chi connectivity index (χ0v) is 32.7. The smallest absolute Gasteiger partial charge is 0.756 e. The number of H-pyrrole nitrogens is 1. The third-order valence-electron chi connectivity index (χ3n) is 5.93. The van der Waals surface area contributed by atoms with Gasteiger partial charge in [-0.3, -0.25) is 32.8 Å². The number of amides is 1. The van der Waals surface area contributed by atoms with Gasteiger partial charge in [-0.1, -0.05) is 0 Å². The van der Waals surface area contributed by atoms with Gasteiger partial charge in [-0.15, -0.1) is 0 Å². The van der Waals surface area contributed by atoms with E-state index >= 15 is 0 Å². The predicted molar refractivity (Wildman–Crippen MR) is 125 cm³/mol. The van der Waals surface area contributed by atoms with Gasteiger partial charge in [0.2, 0.25) is 5.91 Å². The van der Waals surface area contributed by atoms with Crippen molar-refractivity contribution >= 4 is 33.5 Å². The number of esters is 1. The molecule has 11 atom stereocenters. The van der Waals surface area contributed by atoms with E-state index in [0.717, 1.165) is 19.2 Å². The molecule has 248 valence electrons. The molecule has 23 nitrogen and oxygen atoms in total. The van der Waals surface area contributed by atoms with Crippen LogP contribution in [0.25, 0.3) is 0 Å². The van der Waals surface area contributed by atoms with Crippen LogP contribution in [0.4, 0.5) is 0 Å². The fraction of sp³-hybridized carbons (Fsp3) is 0.632. The van der Waals surface area contributed by atoms with E-state index in [1.54, 1.807) is 0 Å². The minimum Gasteiger partial charge on any atom is -0.756 e. The van der Waals surface area contributed by atoms with Crippen LogP contribution in [0.5, 0.6) is 0 Å². The summed E-state index contributed by atoms with van der Waals surface area (Å²) in [5.41, 5.74) is -1.86. The SMILES string of the molecule is CC(=O)NC1C(OP(=O)([O-])OP(=O)([O-])OCC2OC(n3ccc(=O)[nH]c3=O)C(O)C2O)OC(CO)C(O)C1OC(=O)C(=O)[O-].[Na+].[Na+].[Na+]. The fourth-order valence-corrected chi connectivity index (χ4v) is 6.13. The number of aromatic amines is 1. The molecule has 0 saturated carbocycles. The molecule has 1 aromatic rings. The number of aromatic nitrogens is 2. The van der Waals surface area contributed by atoms with Gasteiger partial charge < -0.3 is 64.2 Å². The number of aliphatic hydroxyl groups is 4. The van der Waals surface area contributed by atoms with Gasteiger partial charge in [0.1, 0.15) is 36.6 Å². The predicted octanol–water partition coefficient (Wildman–Crippen LogP) is -16.6. The maximum Gasteiger partial charge on any atom is 1.00 e. The minimum atomic E-state index is -6.15. The summed E-state index contributed by atoms with van der Waals surface area (Å²) in [4.78, 5) is 83.9. The van der Waals surface area contributed by atoms with Crippen molar-refractivity contribution in [3.63, 3.8) is 0 Å². The summed E-state index contributed by atoms with van der Waals surface area (Å²) < 4.78 is 53.0. The Morgan fingerprint density at radius 3 is 2.17 bits per heavy atom. The average Bonchev–Trinajstić information content (AvgIpc) is 3.18. The molecular weight excluding hydrogens is 721 g/mol. The summed E-state index contributed by atoms with van der Waals surface area (Å²) in [6.45, 7) is -1.48. The third-order valence-corrected chi connectivity index (χ3v) is 8.46. The first-order valence-corrected chi connectivity index (χ1v) is 14.9. The van der Waals surface area contributed by atoms with Crippen LogP contribution in [0, 0.1) is 0 Å². The molecule has 47 heavy (non-hydrogen) atoms. The molecule has 2 aliphatic rings. The Balaban J connectivity index is 0.00000705. The van der Waals surface area contributed by atoms with Crippen LogP contribution in [0.2, 0.25) is 0 Å². The first-order chi connectivity index (χ1) is 20.4. The molecular formula is C19H24N3Na3O20P2. The molecule has 0 aromatic carbocycles. The number of aliphatic carboxylic acids is 1. The number of carbonyl (C=O) groups excluding carboxylic acids is 3. The quantitative estimate of drug-likeness (QED) is 0.0530. The molecule has 28 heteroatoms. The van der Waals surface area contributed by atoms with Crippen LogP contribution in [-0.2, 0) is 51.1 Å². The second kappa shape index (κ2) is 19.6. The average molecular weight is 745 g/mol. The van der Waals surface area contributed by atoms with Gasteiger partial charge in [-0.25, -0.2) is 13.9 Å². The zero-order chi connectivity index (χ0) is 33.1. The van der Waals surface area contributed by atoms with Crippen molar-refractivity contribution in [1.82, 2.24) is 14.9 Å². The van der Waals surface area contributed by atoms with Crippen LogP contribution in [0.15, 0.2) is 21.9 Å². The summed E-state index contributed by atoms with van der Waals surface area (Å²) in [6, 6.07) is -1.17. The molecule has 0 radical (unpaired) electrons. The normalized spacial score (nSPS) is 31.0. The van der Waals surface area contributed by atoms with Crippen LogP contribution < -0.4 is 120 Å². The Morgan fingerprint density at radius 2 is 1.64 bits per heavy atom. The molecule has 0 aliphatic carbocycles. The van der Waals surface area contributed by atoms with Crippen LogP contribution >= 0.6 is 15.6 Å². The van der Waals surface area contributed by atoms with Crippen LogP contribution in [0.1, 0.15) is 13.2 Å². The maximum absolute atomic E-state index is 12.5. The number of phosphoric acid groups is 2. The zero-order valence-electron chi connectivity index (χ0n) is 24.9. The minimum absolute atomic E-state index is 0. The van der Waals surface area contributed by atoms with Crippen molar-refractivity contribution in [2.45, 2.75) is 62.1 Å². The number of carbonyl (C=O) groups is 3. The van der Waals surface area contributed by atoms with E-state index in [-0.39, 0.29) is 88.7 Å². The van der Waals surface area contributed by atoms with Crippen LogP contribution in [0.3, 0.4) is 0 Å². The van der Waals surface area contributed by atoms with E-state index in [2.05, 4.69) is 18.1 Å².